The number of allylic oxidation sites excluding steroid dienone is 1. The molecule has 0 fully saturated rings. The number of hydrogen-bond acceptors (Lipinski definition) is 4. The van der Waals surface area contributed by atoms with Crippen molar-refractivity contribution in [3.8, 4) is 0 Å². The predicted octanol–water partition coefficient (Wildman–Crippen LogP) is 4.91. The maximum absolute atomic E-state index is 12.3. The molecule has 0 saturated heterocycles. The van der Waals surface area contributed by atoms with Gasteiger partial charge in [0.15, 0.2) is 0 Å². The Bertz CT molecular complexity index is 774. The quantitative estimate of drug-likeness (QED) is 0.435. The van der Waals surface area contributed by atoms with Crippen molar-refractivity contribution in [3.63, 3.8) is 0 Å². The Morgan fingerprint density at radius 3 is 2.64 bits per heavy atom. The van der Waals surface area contributed by atoms with Gasteiger partial charge in [-0.1, -0.05) is 17.7 Å². The smallest absolute Gasteiger partial charge is 0.334 e. The molecule has 0 spiro atoms. The normalized spacial score (nSPS) is 26.0. The second-order valence-electron chi connectivity index (χ2n) is 7.24. The van der Waals surface area contributed by atoms with Crippen LogP contribution in [0.4, 0.5) is 0 Å². The van der Waals surface area contributed by atoms with Crippen LogP contribution in [0.2, 0.25) is 0 Å². The van der Waals surface area contributed by atoms with E-state index in [0.717, 1.165) is 45.8 Å². The second-order valence-corrected chi connectivity index (χ2v) is 7.24. The molecule has 1 aromatic heterocycles. The molecule has 0 N–H and O–H groups in total. The van der Waals surface area contributed by atoms with Gasteiger partial charge in [-0.05, 0) is 58.2 Å². The SMILES string of the molecule is C=C(C)[C@@H]1CCC2=C[C@@H](OC2=O)C(=C(C)C)c2cc(C)c(o2)[C@H]1[18O]C. The third-order valence-electron chi connectivity index (χ3n) is 5.13. The van der Waals surface area contributed by atoms with Crippen molar-refractivity contribution < 1.29 is 18.7 Å². The molecule has 0 radical (unpaired) electrons. The van der Waals surface area contributed by atoms with Gasteiger partial charge in [-0.2, -0.15) is 0 Å². The van der Waals surface area contributed by atoms with E-state index in [9.17, 15) is 4.79 Å². The van der Waals surface area contributed by atoms with E-state index in [4.69, 9.17) is 13.9 Å². The number of rotatable bonds is 2. The fraction of sp³-hybridized carbons (Fsp3) is 0.476. The summed E-state index contributed by atoms with van der Waals surface area (Å²) in [5.74, 6) is 1.41. The van der Waals surface area contributed by atoms with E-state index in [1.165, 1.54) is 0 Å². The Labute approximate surface area is 149 Å². The molecular formula is C21H26O4. The highest BCUT2D eigenvalue weighted by Crippen LogP contribution is 2.42. The van der Waals surface area contributed by atoms with E-state index >= 15 is 0 Å². The van der Waals surface area contributed by atoms with Crippen LogP contribution in [-0.4, -0.2) is 19.2 Å². The van der Waals surface area contributed by atoms with Gasteiger partial charge in [-0.3, -0.25) is 0 Å². The van der Waals surface area contributed by atoms with Crippen LogP contribution in [-0.2, 0) is 14.3 Å². The minimum atomic E-state index is -0.381. The Kier molecular flexibility index (Phi) is 4.74. The average Bonchev–Trinajstić information content (AvgIpc) is 3.05. The third-order valence-corrected chi connectivity index (χ3v) is 5.13. The van der Waals surface area contributed by atoms with Gasteiger partial charge >= 0.3 is 5.97 Å². The predicted molar refractivity (Wildman–Crippen MR) is 97.0 cm³/mol. The molecule has 0 amide bonds. The summed E-state index contributed by atoms with van der Waals surface area (Å²) in [6, 6.07) is 2.01. The molecule has 0 aliphatic carbocycles. The summed E-state index contributed by atoms with van der Waals surface area (Å²) in [6.07, 6.45) is 2.76. The molecule has 4 bridgehead atoms. The minimum absolute atomic E-state index is 0.0729. The van der Waals surface area contributed by atoms with Crippen LogP contribution >= 0.6 is 0 Å². The number of carbonyl (C=O) groups excluding carboxylic acids is 1. The largest absolute Gasteiger partial charge is 0.458 e. The number of carbonyl (C=O) groups is 1. The third kappa shape index (κ3) is 3.11. The lowest BCUT2D eigenvalue weighted by atomic mass is 9.87. The number of fused-ring (bicyclic) bond motifs is 3. The van der Waals surface area contributed by atoms with Crippen LogP contribution in [0.15, 0.2) is 39.9 Å². The summed E-state index contributed by atoms with van der Waals surface area (Å²) >= 11 is 0. The highest BCUT2D eigenvalue weighted by molar-refractivity contribution is 5.93. The van der Waals surface area contributed by atoms with Crippen molar-refractivity contribution in [3.05, 3.63) is 52.5 Å². The number of furan rings is 1. The lowest BCUT2D eigenvalue weighted by molar-refractivity contribution is -0.138. The summed E-state index contributed by atoms with van der Waals surface area (Å²) in [6.45, 7) is 12.2. The molecular weight excluding hydrogens is 318 g/mol. The minimum Gasteiger partial charge on any atom is -0.458 e. The van der Waals surface area contributed by atoms with Crippen LogP contribution in [0.3, 0.4) is 0 Å². The molecule has 3 heterocycles. The molecule has 3 rings (SSSR count). The van der Waals surface area contributed by atoms with Crippen molar-refractivity contribution >= 4 is 11.5 Å². The van der Waals surface area contributed by atoms with Gasteiger partial charge < -0.3 is 13.9 Å². The van der Waals surface area contributed by atoms with Gasteiger partial charge in [0.05, 0.1) is 0 Å². The van der Waals surface area contributed by atoms with Crippen molar-refractivity contribution in [2.45, 2.75) is 52.7 Å². The Morgan fingerprint density at radius 1 is 1.32 bits per heavy atom. The van der Waals surface area contributed by atoms with E-state index < -0.39 is 0 Å². The van der Waals surface area contributed by atoms with Crippen molar-refractivity contribution in [2.24, 2.45) is 5.92 Å². The van der Waals surface area contributed by atoms with Gasteiger partial charge in [-0.15, -0.1) is 0 Å². The fourth-order valence-electron chi connectivity index (χ4n) is 3.81. The molecule has 2 aliphatic heterocycles. The van der Waals surface area contributed by atoms with E-state index in [1.807, 2.05) is 39.8 Å². The fourth-order valence-corrected chi connectivity index (χ4v) is 3.81. The molecule has 1 aromatic rings. The van der Waals surface area contributed by atoms with E-state index in [-0.39, 0.29) is 24.1 Å². The van der Waals surface area contributed by atoms with Crippen LogP contribution < -0.4 is 0 Å². The van der Waals surface area contributed by atoms with Crippen LogP contribution in [0.5, 0.6) is 0 Å². The van der Waals surface area contributed by atoms with Gasteiger partial charge in [0.2, 0.25) is 0 Å². The van der Waals surface area contributed by atoms with E-state index in [2.05, 4.69) is 6.58 Å². The van der Waals surface area contributed by atoms with Crippen molar-refractivity contribution in [1.82, 2.24) is 0 Å². The lowest BCUT2D eigenvalue weighted by Crippen LogP contribution is -2.17. The topological polar surface area (TPSA) is 48.7 Å². The molecule has 4 nitrogen and oxygen atoms in total. The number of hydrogen-bond donors (Lipinski definition) is 0. The lowest BCUT2D eigenvalue weighted by Gasteiger charge is -2.26. The number of methoxy groups -OCH3 is 1. The number of aryl methyl sites for hydroxylation is 1. The number of esters is 1. The first-order valence-electron chi connectivity index (χ1n) is 8.71. The first-order chi connectivity index (χ1) is 11.8. The molecule has 2 aliphatic rings. The molecule has 0 aromatic carbocycles. The molecule has 134 valence electrons. The van der Waals surface area contributed by atoms with E-state index in [0.29, 0.717) is 6.42 Å². The first-order valence-corrected chi connectivity index (χ1v) is 8.71. The van der Waals surface area contributed by atoms with E-state index in [1.54, 1.807) is 7.11 Å². The Hall–Kier alpha value is -2.07. The molecule has 0 saturated carbocycles. The Balaban J connectivity index is 2.20. The zero-order valence-corrected chi connectivity index (χ0v) is 15.6. The summed E-state index contributed by atoms with van der Waals surface area (Å²) in [5, 5.41) is 0. The summed E-state index contributed by atoms with van der Waals surface area (Å²) in [5.41, 5.74) is 4.78. The summed E-state index contributed by atoms with van der Waals surface area (Å²) in [7, 11) is 1.70. The molecule has 25 heavy (non-hydrogen) atoms. The van der Waals surface area contributed by atoms with Gasteiger partial charge in [-0.25, -0.2) is 4.79 Å². The van der Waals surface area contributed by atoms with Crippen LogP contribution in [0, 0.1) is 12.8 Å². The second kappa shape index (κ2) is 6.68. The molecule has 4 heteroatoms. The van der Waals surface area contributed by atoms with Gasteiger partial charge in [0, 0.05) is 24.2 Å². The average molecular weight is 344 g/mol. The molecule has 0 unspecified atom stereocenters. The maximum Gasteiger partial charge on any atom is 0.334 e. The molecule has 3 atom stereocenters. The van der Waals surface area contributed by atoms with Gasteiger partial charge in [0.25, 0.3) is 0 Å². The van der Waals surface area contributed by atoms with Crippen molar-refractivity contribution in [2.75, 3.05) is 7.11 Å². The van der Waals surface area contributed by atoms with Crippen LogP contribution in [0.25, 0.3) is 5.57 Å². The zero-order chi connectivity index (χ0) is 18.3. The summed E-state index contributed by atoms with van der Waals surface area (Å²) < 4.78 is 17.7. The monoisotopic (exact) mass is 344 g/mol. The van der Waals surface area contributed by atoms with Crippen molar-refractivity contribution in [1.29, 1.82) is 0 Å². The summed E-state index contributed by atoms with van der Waals surface area (Å²) in [4.78, 5) is 12.3. The highest BCUT2D eigenvalue weighted by Gasteiger charge is 2.35. The Morgan fingerprint density at radius 2 is 2.04 bits per heavy atom. The standard InChI is InChI=1S/C21H26O4/c1-11(2)15-8-7-14-10-17(25-21(14)22)18(12(3)4)16-9-13(5)19(24-16)20(15)23-6/h9-10,15,17,20H,1,7-8H2,2-6H3/t15-,17+,20-/m0/s1/i23+2. The highest BCUT2D eigenvalue weighted by atomic mass is 18.3. The van der Waals surface area contributed by atoms with Gasteiger partial charge in [0.1, 0.15) is 23.7 Å². The van der Waals surface area contributed by atoms with Crippen LogP contribution in [0.1, 0.15) is 56.8 Å². The first kappa shape index (κ1) is 17.7. The maximum atomic E-state index is 12.3. The zero-order valence-electron chi connectivity index (χ0n) is 15.6. The number of ether oxygens (including phenoxy) is 2.